The standard InChI is InChI=1S/C14H19FN2O2/c1-9-8-17(4-5-18-9)14-7-12(16)11-3-2-10(15)6-13(11)19-14/h2-3,6,9,12,14H,4-5,7-8,16H2,1H3/t9-,12-,14?/m1/s1. The molecule has 1 unspecified atom stereocenters. The van der Waals surface area contributed by atoms with Gasteiger partial charge >= 0.3 is 0 Å². The minimum atomic E-state index is -0.290. The van der Waals surface area contributed by atoms with Gasteiger partial charge in [-0.2, -0.15) is 0 Å². The van der Waals surface area contributed by atoms with Crippen LogP contribution in [0.5, 0.6) is 5.75 Å². The lowest BCUT2D eigenvalue weighted by atomic mass is 9.99. The van der Waals surface area contributed by atoms with E-state index in [9.17, 15) is 4.39 Å². The number of ether oxygens (including phenoxy) is 2. The first-order valence-electron chi connectivity index (χ1n) is 6.71. The van der Waals surface area contributed by atoms with Gasteiger partial charge in [-0.25, -0.2) is 4.39 Å². The highest BCUT2D eigenvalue weighted by Gasteiger charge is 2.32. The fraction of sp³-hybridized carbons (Fsp3) is 0.571. The average molecular weight is 266 g/mol. The van der Waals surface area contributed by atoms with Crippen LogP contribution in [0.25, 0.3) is 0 Å². The van der Waals surface area contributed by atoms with Crippen molar-refractivity contribution in [1.29, 1.82) is 0 Å². The molecule has 2 N–H and O–H groups in total. The molecule has 104 valence electrons. The second-order valence-electron chi connectivity index (χ2n) is 5.27. The molecule has 5 heteroatoms. The quantitative estimate of drug-likeness (QED) is 0.839. The molecule has 3 rings (SSSR count). The van der Waals surface area contributed by atoms with Gasteiger partial charge in [0.05, 0.1) is 12.7 Å². The maximum absolute atomic E-state index is 13.3. The fourth-order valence-electron chi connectivity index (χ4n) is 2.79. The van der Waals surface area contributed by atoms with Crippen LogP contribution in [-0.4, -0.2) is 36.9 Å². The summed E-state index contributed by atoms with van der Waals surface area (Å²) in [6.45, 7) is 4.39. The van der Waals surface area contributed by atoms with Gasteiger partial charge in [-0.1, -0.05) is 6.07 Å². The molecule has 0 radical (unpaired) electrons. The van der Waals surface area contributed by atoms with E-state index in [-0.39, 0.29) is 24.2 Å². The van der Waals surface area contributed by atoms with Gasteiger partial charge < -0.3 is 15.2 Å². The van der Waals surface area contributed by atoms with E-state index in [1.165, 1.54) is 12.1 Å². The topological polar surface area (TPSA) is 47.7 Å². The van der Waals surface area contributed by atoms with Crippen LogP contribution < -0.4 is 10.5 Å². The summed E-state index contributed by atoms with van der Waals surface area (Å²) in [5.74, 6) is 0.282. The summed E-state index contributed by atoms with van der Waals surface area (Å²) in [6, 6.07) is 4.46. The Morgan fingerprint density at radius 2 is 2.26 bits per heavy atom. The summed E-state index contributed by atoms with van der Waals surface area (Å²) in [5, 5.41) is 0. The highest BCUT2D eigenvalue weighted by molar-refractivity contribution is 5.38. The lowest BCUT2D eigenvalue weighted by molar-refractivity contribution is -0.0862. The number of rotatable bonds is 1. The molecule has 3 atom stereocenters. The largest absolute Gasteiger partial charge is 0.475 e. The van der Waals surface area contributed by atoms with Crippen molar-refractivity contribution in [3.8, 4) is 5.75 Å². The number of morpholine rings is 1. The molecule has 2 heterocycles. The summed E-state index contributed by atoms with van der Waals surface area (Å²) in [4.78, 5) is 2.22. The molecule has 1 aromatic rings. The number of hydrogen-bond donors (Lipinski definition) is 1. The number of benzene rings is 1. The molecule has 2 aliphatic heterocycles. The molecule has 0 amide bonds. The van der Waals surface area contributed by atoms with Crippen molar-refractivity contribution in [3.63, 3.8) is 0 Å². The summed E-state index contributed by atoms with van der Waals surface area (Å²) < 4.78 is 24.7. The Bertz CT molecular complexity index is 469. The second-order valence-corrected chi connectivity index (χ2v) is 5.27. The normalized spacial score (nSPS) is 31.6. The smallest absolute Gasteiger partial charge is 0.154 e. The molecule has 4 nitrogen and oxygen atoms in total. The molecule has 0 aromatic heterocycles. The molecular weight excluding hydrogens is 247 g/mol. The summed E-state index contributed by atoms with van der Waals surface area (Å²) in [7, 11) is 0. The SMILES string of the molecule is C[C@@H]1CN(C2C[C@@H](N)c3ccc(F)cc3O2)CCO1. The van der Waals surface area contributed by atoms with Crippen molar-refractivity contribution in [2.75, 3.05) is 19.7 Å². The maximum atomic E-state index is 13.3. The van der Waals surface area contributed by atoms with Crippen LogP contribution in [0.3, 0.4) is 0 Å². The monoisotopic (exact) mass is 266 g/mol. The van der Waals surface area contributed by atoms with Crippen LogP contribution in [0.15, 0.2) is 18.2 Å². The Balaban J connectivity index is 1.80. The highest BCUT2D eigenvalue weighted by Crippen LogP contribution is 2.35. The Hall–Kier alpha value is -1.17. The molecule has 1 saturated heterocycles. The zero-order valence-electron chi connectivity index (χ0n) is 11.0. The summed E-state index contributed by atoms with van der Waals surface area (Å²) in [5.41, 5.74) is 7.06. The van der Waals surface area contributed by atoms with Gasteiger partial charge in [0, 0.05) is 37.2 Å². The predicted molar refractivity (Wildman–Crippen MR) is 69.3 cm³/mol. The average Bonchev–Trinajstić information content (AvgIpc) is 2.38. The van der Waals surface area contributed by atoms with Crippen LogP contribution in [0, 0.1) is 5.82 Å². The van der Waals surface area contributed by atoms with E-state index in [4.69, 9.17) is 15.2 Å². The third-order valence-corrected chi connectivity index (χ3v) is 3.77. The molecule has 2 aliphatic rings. The zero-order valence-corrected chi connectivity index (χ0v) is 11.0. The predicted octanol–water partition coefficient (Wildman–Crippen LogP) is 1.65. The molecular formula is C14H19FN2O2. The van der Waals surface area contributed by atoms with E-state index in [0.29, 0.717) is 12.4 Å². The van der Waals surface area contributed by atoms with E-state index in [1.807, 2.05) is 6.92 Å². The number of halogens is 1. The van der Waals surface area contributed by atoms with Gasteiger partial charge in [0.15, 0.2) is 6.23 Å². The van der Waals surface area contributed by atoms with E-state index >= 15 is 0 Å². The summed E-state index contributed by atoms with van der Waals surface area (Å²) in [6.07, 6.45) is 0.837. The minimum absolute atomic E-state index is 0.0874. The van der Waals surface area contributed by atoms with E-state index in [0.717, 1.165) is 25.1 Å². The number of nitrogens with zero attached hydrogens (tertiary/aromatic N) is 1. The first kappa shape index (κ1) is 12.8. The lowest BCUT2D eigenvalue weighted by Gasteiger charge is -2.40. The number of fused-ring (bicyclic) bond motifs is 1. The Kier molecular flexibility index (Phi) is 3.43. The van der Waals surface area contributed by atoms with Crippen LogP contribution >= 0.6 is 0 Å². The van der Waals surface area contributed by atoms with Crippen molar-refractivity contribution in [2.45, 2.75) is 31.7 Å². The third-order valence-electron chi connectivity index (χ3n) is 3.77. The maximum Gasteiger partial charge on any atom is 0.154 e. The van der Waals surface area contributed by atoms with Crippen LogP contribution in [0.1, 0.15) is 24.9 Å². The van der Waals surface area contributed by atoms with Gasteiger partial charge in [0.1, 0.15) is 11.6 Å². The first-order chi connectivity index (χ1) is 9.13. The number of nitrogens with two attached hydrogens (primary N) is 1. The van der Waals surface area contributed by atoms with Crippen molar-refractivity contribution in [2.24, 2.45) is 5.73 Å². The van der Waals surface area contributed by atoms with Gasteiger partial charge in [-0.15, -0.1) is 0 Å². The van der Waals surface area contributed by atoms with Crippen molar-refractivity contribution in [3.05, 3.63) is 29.6 Å². The molecule has 0 saturated carbocycles. The van der Waals surface area contributed by atoms with Crippen molar-refractivity contribution < 1.29 is 13.9 Å². The van der Waals surface area contributed by atoms with Gasteiger partial charge in [-0.3, -0.25) is 4.90 Å². The molecule has 1 fully saturated rings. The first-order valence-corrected chi connectivity index (χ1v) is 6.71. The summed E-state index contributed by atoms with van der Waals surface area (Å²) >= 11 is 0. The second kappa shape index (κ2) is 5.07. The Labute approximate surface area is 112 Å². The molecule has 0 aliphatic carbocycles. The minimum Gasteiger partial charge on any atom is -0.475 e. The third kappa shape index (κ3) is 2.59. The molecule has 0 bridgehead atoms. The fourth-order valence-corrected chi connectivity index (χ4v) is 2.79. The van der Waals surface area contributed by atoms with Crippen LogP contribution in [0.2, 0.25) is 0 Å². The van der Waals surface area contributed by atoms with Gasteiger partial charge in [0.25, 0.3) is 0 Å². The van der Waals surface area contributed by atoms with E-state index in [1.54, 1.807) is 6.07 Å². The Morgan fingerprint density at radius 1 is 1.42 bits per heavy atom. The van der Waals surface area contributed by atoms with E-state index < -0.39 is 0 Å². The molecule has 1 aromatic carbocycles. The van der Waals surface area contributed by atoms with Crippen LogP contribution in [-0.2, 0) is 4.74 Å². The van der Waals surface area contributed by atoms with Gasteiger partial charge in [0.2, 0.25) is 0 Å². The lowest BCUT2D eigenvalue weighted by Crippen LogP contribution is -2.51. The number of hydrogen-bond acceptors (Lipinski definition) is 4. The molecule has 19 heavy (non-hydrogen) atoms. The van der Waals surface area contributed by atoms with E-state index in [2.05, 4.69) is 4.90 Å². The molecule has 0 spiro atoms. The zero-order chi connectivity index (χ0) is 13.4. The van der Waals surface area contributed by atoms with Gasteiger partial charge in [-0.05, 0) is 13.0 Å². The van der Waals surface area contributed by atoms with Crippen molar-refractivity contribution in [1.82, 2.24) is 4.90 Å². The van der Waals surface area contributed by atoms with Crippen LogP contribution in [0.4, 0.5) is 4.39 Å². The highest BCUT2D eigenvalue weighted by atomic mass is 19.1. The van der Waals surface area contributed by atoms with Crippen molar-refractivity contribution >= 4 is 0 Å². The Morgan fingerprint density at radius 3 is 3.05 bits per heavy atom.